The number of carbonyl (C=O) groups excluding carboxylic acids is 2. The van der Waals surface area contributed by atoms with Crippen LogP contribution >= 0.6 is 0 Å². The first-order valence-electron chi connectivity index (χ1n) is 10.9. The van der Waals surface area contributed by atoms with Gasteiger partial charge in [-0.2, -0.15) is 0 Å². The second-order valence-corrected chi connectivity index (χ2v) is 8.63. The molecular formula is C25H25NO6. The van der Waals surface area contributed by atoms with E-state index in [2.05, 4.69) is 0 Å². The van der Waals surface area contributed by atoms with E-state index in [1.54, 1.807) is 24.3 Å². The first kappa shape index (κ1) is 20.6. The van der Waals surface area contributed by atoms with Crippen LogP contribution in [0.25, 0.3) is 5.76 Å². The number of likely N-dealkylation sites (tertiary alicyclic amines) is 1. The molecule has 0 saturated carbocycles. The molecule has 2 aromatic carbocycles. The number of phenolic OH excluding ortho intramolecular Hbond substituents is 1. The molecule has 0 spiro atoms. The highest BCUT2D eigenvalue weighted by Gasteiger charge is 2.47. The lowest BCUT2D eigenvalue weighted by Gasteiger charge is -2.27. The number of fused-ring (bicyclic) bond motifs is 1. The normalized spacial score (nSPS) is 26.4. The summed E-state index contributed by atoms with van der Waals surface area (Å²) in [5.41, 5.74) is 2.11. The molecule has 2 aromatic rings. The standard InChI is InChI=1S/C25H25NO6/c1-14-11-17-12-16(6-9-20(17)32-14)23(28)21-22(15-4-7-18(27)8-5-15)26(25(30)24(21)29)13-19-3-2-10-31-19/h4-9,12,14,19,22,27-28H,2-3,10-11,13H2,1H3/b23-21+. The van der Waals surface area contributed by atoms with E-state index in [-0.39, 0.29) is 35.8 Å². The molecule has 2 saturated heterocycles. The molecule has 7 nitrogen and oxygen atoms in total. The van der Waals surface area contributed by atoms with Gasteiger partial charge in [0.25, 0.3) is 11.7 Å². The summed E-state index contributed by atoms with van der Waals surface area (Å²) >= 11 is 0. The third-order valence-corrected chi connectivity index (χ3v) is 6.34. The molecule has 0 radical (unpaired) electrons. The minimum atomic E-state index is -0.761. The Morgan fingerprint density at radius 2 is 1.94 bits per heavy atom. The number of rotatable bonds is 4. The van der Waals surface area contributed by atoms with Crippen LogP contribution in [0.4, 0.5) is 0 Å². The summed E-state index contributed by atoms with van der Waals surface area (Å²) in [6.45, 7) is 2.87. The lowest BCUT2D eigenvalue weighted by molar-refractivity contribution is -0.140. The van der Waals surface area contributed by atoms with Crippen LogP contribution in [0.1, 0.15) is 42.5 Å². The summed E-state index contributed by atoms with van der Waals surface area (Å²) in [5, 5.41) is 21.0. The number of benzene rings is 2. The zero-order valence-corrected chi connectivity index (χ0v) is 17.8. The summed E-state index contributed by atoms with van der Waals surface area (Å²) in [4.78, 5) is 27.6. The Morgan fingerprint density at radius 1 is 1.16 bits per heavy atom. The fourth-order valence-electron chi connectivity index (χ4n) is 4.80. The summed E-state index contributed by atoms with van der Waals surface area (Å²) in [6, 6.07) is 10.9. The monoisotopic (exact) mass is 435 g/mol. The van der Waals surface area contributed by atoms with Gasteiger partial charge < -0.3 is 24.6 Å². The van der Waals surface area contributed by atoms with Crippen LogP contribution < -0.4 is 4.74 Å². The molecule has 0 aliphatic carbocycles. The number of Topliss-reactive ketones (excluding diaryl/α,β-unsaturated/α-hetero) is 1. The fraction of sp³-hybridized carbons (Fsp3) is 0.360. The minimum Gasteiger partial charge on any atom is -0.508 e. The summed E-state index contributed by atoms with van der Waals surface area (Å²) in [6.07, 6.45) is 2.34. The Labute approximate surface area is 185 Å². The SMILES string of the molecule is CC1Cc2cc(/C(O)=C3\C(=O)C(=O)N(CC4CCCO4)C3c3ccc(O)cc3)ccc2O1. The molecular weight excluding hydrogens is 410 g/mol. The van der Waals surface area contributed by atoms with Gasteiger partial charge in [0.15, 0.2) is 0 Å². The maximum Gasteiger partial charge on any atom is 0.295 e. The highest BCUT2D eigenvalue weighted by Crippen LogP contribution is 2.41. The number of aromatic hydroxyl groups is 1. The van der Waals surface area contributed by atoms with Gasteiger partial charge >= 0.3 is 0 Å². The van der Waals surface area contributed by atoms with Gasteiger partial charge in [0, 0.05) is 25.1 Å². The Bertz CT molecular complexity index is 1100. The minimum absolute atomic E-state index is 0.0469. The zero-order chi connectivity index (χ0) is 22.4. The zero-order valence-electron chi connectivity index (χ0n) is 17.8. The molecule has 3 heterocycles. The number of phenols is 1. The van der Waals surface area contributed by atoms with Crippen molar-refractivity contribution in [3.63, 3.8) is 0 Å². The lowest BCUT2D eigenvalue weighted by Crippen LogP contribution is -2.36. The van der Waals surface area contributed by atoms with E-state index in [1.165, 1.54) is 17.0 Å². The highest BCUT2D eigenvalue weighted by atomic mass is 16.5. The van der Waals surface area contributed by atoms with Crippen molar-refractivity contribution in [2.45, 2.75) is 44.4 Å². The first-order valence-corrected chi connectivity index (χ1v) is 10.9. The van der Waals surface area contributed by atoms with Gasteiger partial charge in [0.05, 0.1) is 17.7 Å². The van der Waals surface area contributed by atoms with Gasteiger partial charge in [-0.25, -0.2) is 0 Å². The molecule has 0 aromatic heterocycles. The third kappa shape index (κ3) is 3.52. The number of ether oxygens (including phenoxy) is 2. The largest absolute Gasteiger partial charge is 0.508 e. The number of aliphatic hydroxyl groups is 1. The maximum atomic E-state index is 13.1. The average molecular weight is 435 g/mol. The Hall–Kier alpha value is -3.32. The lowest BCUT2D eigenvalue weighted by atomic mass is 9.94. The van der Waals surface area contributed by atoms with E-state index < -0.39 is 17.7 Å². The van der Waals surface area contributed by atoms with Crippen molar-refractivity contribution < 1.29 is 29.3 Å². The quantitative estimate of drug-likeness (QED) is 0.435. The van der Waals surface area contributed by atoms with Crippen LogP contribution in [0.15, 0.2) is 48.0 Å². The molecule has 166 valence electrons. The van der Waals surface area contributed by atoms with E-state index in [0.717, 1.165) is 24.2 Å². The molecule has 0 bridgehead atoms. The molecule has 3 unspecified atom stereocenters. The van der Waals surface area contributed by atoms with Crippen LogP contribution in [-0.4, -0.2) is 52.2 Å². The molecule has 5 rings (SSSR count). The first-order chi connectivity index (χ1) is 15.4. The predicted octanol–water partition coefficient (Wildman–Crippen LogP) is 3.32. The van der Waals surface area contributed by atoms with Gasteiger partial charge in [0.1, 0.15) is 23.4 Å². The average Bonchev–Trinajstić information content (AvgIpc) is 3.48. The molecule has 3 aliphatic rings. The number of ketones is 1. The van der Waals surface area contributed by atoms with Crippen molar-refractivity contribution in [2.75, 3.05) is 13.2 Å². The second-order valence-electron chi connectivity index (χ2n) is 8.63. The molecule has 32 heavy (non-hydrogen) atoms. The van der Waals surface area contributed by atoms with Crippen molar-refractivity contribution in [2.24, 2.45) is 0 Å². The van der Waals surface area contributed by atoms with Gasteiger partial charge in [-0.05, 0) is 61.2 Å². The smallest absolute Gasteiger partial charge is 0.295 e. The van der Waals surface area contributed by atoms with Crippen LogP contribution in [0.2, 0.25) is 0 Å². The van der Waals surface area contributed by atoms with Crippen molar-refractivity contribution in [1.82, 2.24) is 4.90 Å². The Kier molecular flexibility index (Phi) is 5.13. The van der Waals surface area contributed by atoms with Crippen LogP contribution in [0, 0.1) is 0 Å². The summed E-state index contributed by atoms with van der Waals surface area (Å²) in [7, 11) is 0. The van der Waals surface area contributed by atoms with Gasteiger partial charge in [0.2, 0.25) is 0 Å². The van der Waals surface area contributed by atoms with E-state index in [1.807, 2.05) is 13.0 Å². The molecule has 7 heteroatoms. The Balaban J connectivity index is 1.59. The maximum absolute atomic E-state index is 13.1. The molecule has 1 amide bonds. The molecule has 2 N–H and O–H groups in total. The van der Waals surface area contributed by atoms with E-state index in [9.17, 15) is 19.8 Å². The van der Waals surface area contributed by atoms with Gasteiger partial charge in [-0.3, -0.25) is 9.59 Å². The number of hydrogen-bond donors (Lipinski definition) is 2. The van der Waals surface area contributed by atoms with E-state index in [0.29, 0.717) is 24.2 Å². The van der Waals surface area contributed by atoms with Crippen molar-refractivity contribution in [3.05, 3.63) is 64.7 Å². The number of carbonyl (C=O) groups is 2. The van der Waals surface area contributed by atoms with Crippen LogP contribution in [0.3, 0.4) is 0 Å². The highest BCUT2D eigenvalue weighted by molar-refractivity contribution is 6.46. The molecule has 3 atom stereocenters. The number of aliphatic hydroxyl groups excluding tert-OH is 1. The molecule has 2 fully saturated rings. The van der Waals surface area contributed by atoms with Gasteiger partial charge in [-0.1, -0.05) is 12.1 Å². The topological polar surface area (TPSA) is 96.3 Å². The van der Waals surface area contributed by atoms with Crippen molar-refractivity contribution in [3.8, 4) is 11.5 Å². The fourth-order valence-corrected chi connectivity index (χ4v) is 4.80. The second kappa shape index (κ2) is 7.98. The number of amides is 1. The Morgan fingerprint density at radius 3 is 2.66 bits per heavy atom. The number of hydrogen-bond acceptors (Lipinski definition) is 6. The predicted molar refractivity (Wildman–Crippen MR) is 116 cm³/mol. The molecule has 3 aliphatic heterocycles. The van der Waals surface area contributed by atoms with Crippen molar-refractivity contribution in [1.29, 1.82) is 0 Å². The van der Waals surface area contributed by atoms with Crippen LogP contribution in [-0.2, 0) is 20.7 Å². The summed E-state index contributed by atoms with van der Waals surface area (Å²) < 4.78 is 11.4. The van der Waals surface area contributed by atoms with Crippen LogP contribution in [0.5, 0.6) is 11.5 Å². The third-order valence-electron chi connectivity index (χ3n) is 6.34. The number of nitrogens with zero attached hydrogens (tertiary/aromatic N) is 1. The van der Waals surface area contributed by atoms with Crippen molar-refractivity contribution >= 4 is 17.4 Å². The summed E-state index contributed by atoms with van der Waals surface area (Å²) in [5.74, 6) is -0.735. The van der Waals surface area contributed by atoms with E-state index in [4.69, 9.17) is 9.47 Å². The van der Waals surface area contributed by atoms with Gasteiger partial charge in [-0.15, -0.1) is 0 Å². The van der Waals surface area contributed by atoms with E-state index >= 15 is 0 Å².